The number of amides is 2. The summed E-state index contributed by atoms with van der Waals surface area (Å²) in [7, 11) is -3.86. The molecule has 7 nitrogen and oxygen atoms in total. The lowest BCUT2D eigenvalue weighted by Gasteiger charge is -2.30. The molecule has 1 saturated heterocycles. The minimum Gasteiger partial charge on any atom is -0.351 e. The number of sulfonamides is 1. The molecule has 0 bridgehead atoms. The third-order valence-electron chi connectivity index (χ3n) is 5.92. The van der Waals surface area contributed by atoms with Crippen molar-refractivity contribution in [3.63, 3.8) is 0 Å². The van der Waals surface area contributed by atoms with Crippen LogP contribution in [0.1, 0.15) is 41.6 Å². The van der Waals surface area contributed by atoms with Gasteiger partial charge in [0.25, 0.3) is 15.9 Å². The first-order valence-corrected chi connectivity index (χ1v) is 12.7. The molecule has 0 unspecified atom stereocenters. The second kappa shape index (κ2) is 9.50. The number of nitrogens with one attached hydrogen (secondary N) is 1. The lowest BCUT2D eigenvalue weighted by molar-refractivity contribution is -0.129. The number of nitrogens with zero attached hydrogens (tertiary/aromatic N) is 2. The van der Waals surface area contributed by atoms with Crippen LogP contribution in [-0.2, 0) is 21.2 Å². The maximum atomic E-state index is 13.4. The molecule has 4 rings (SSSR count). The Kier molecular flexibility index (Phi) is 6.71. The summed E-state index contributed by atoms with van der Waals surface area (Å²) in [5.74, 6) is -0.491. The highest BCUT2D eigenvalue weighted by Gasteiger charge is 2.30. The molecule has 0 radical (unpaired) electrons. The Bertz CT molecular complexity index is 1130. The molecule has 2 amide bonds. The standard InChI is InChI=1S/C23H26ClN3O4S/c24-20-10-9-18(32(30,31)27-15-5-7-17-6-1-2-8-21(17)27)16-19(20)23(29)25-12-11-22(28)26-13-3-4-14-26/h1-2,6,8-10,16H,3-5,7,11-15H2,(H,25,29). The number of para-hydroxylation sites is 1. The zero-order chi connectivity index (χ0) is 22.7. The molecule has 0 saturated carbocycles. The van der Waals surface area contributed by atoms with Gasteiger partial charge >= 0.3 is 0 Å². The quantitative estimate of drug-likeness (QED) is 0.695. The first-order valence-electron chi connectivity index (χ1n) is 10.8. The van der Waals surface area contributed by atoms with Crippen LogP contribution in [-0.4, -0.2) is 51.3 Å². The fourth-order valence-electron chi connectivity index (χ4n) is 4.22. The Hall–Kier alpha value is -2.58. The van der Waals surface area contributed by atoms with Crippen molar-refractivity contribution in [3.8, 4) is 0 Å². The number of likely N-dealkylation sites (tertiary alicyclic amines) is 1. The predicted molar refractivity (Wildman–Crippen MR) is 124 cm³/mol. The molecular weight excluding hydrogens is 450 g/mol. The molecule has 1 fully saturated rings. The van der Waals surface area contributed by atoms with Crippen molar-refractivity contribution in [2.75, 3.05) is 30.5 Å². The topological polar surface area (TPSA) is 86.8 Å². The van der Waals surface area contributed by atoms with Crippen molar-refractivity contribution in [2.24, 2.45) is 0 Å². The number of benzene rings is 2. The van der Waals surface area contributed by atoms with Crippen molar-refractivity contribution in [1.29, 1.82) is 0 Å². The highest BCUT2D eigenvalue weighted by atomic mass is 35.5. The highest BCUT2D eigenvalue weighted by molar-refractivity contribution is 7.92. The Balaban J connectivity index is 1.50. The summed E-state index contributed by atoms with van der Waals surface area (Å²) >= 11 is 6.21. The lowest BCUT2D eigenvalue weighted by atomic mass is 10.0. The largest absolute Gasteiger partial charge is 0.351 e. The molecule has 1 N–H and O–H groups in total. The molecule has 0 atom stereocenters. The van der Waals surface area contributed by atoms with E-state index in [4.69, 9.17) is 11.6 Å². The summed E-state index contributed by atoms with van der Waals surface area (Å²) in [5, 5.41) is 2.85. The fourth-order valence-corrected chi connectivity index (χ4v) is 5.99. The number of aryl methyl sites for hydroxylation is 1. The van der Waals surface area contributed by atoms with E-state index in [1.54, 1.807) is 11.0 Å². The van der Waals surface area contributed by atoms with Crippen molar-refractivity contribution in [2.45, 2.75) is 37.0 Å². The van der Waals surface area contributed by atoms with Crippen molar-refractivity contribution < 1.29 is 18.0 Å². The van der Waals surface area contributed by atoms with E-state index in [9.17, 15) is 18.0 Å². The molecule has 2 aliphatic rings. The van der Waals surface area contributed by atoms with E-state index in [1.165, 1.54) is 22.5 Å². The van der Waals surface area contributed by atoms with Crippen molar-refractivity contribution in [1.82, 2.24) is 10.2 Å². The molecule has 9 heteroatoms. The fraction of sp³-hybridized carbons (Fsp3) is 0.391. The summed E-state index contributed by atoms with van der Waals surface area (Å²) in [5.41, 5.74) is 1.73. The summed E-state index contributed by atoms with van der Waals surface area (Å²) < 4.78 is 28.2. The third kappa shape index (κ3) is 4.61. The number of halogens is 1. The zero-order valence-electron chi connectivity index (χ0n) is 17.7. The Morgan fingerprint density at radius 2 is 1.75 bits per heavy atom. The Morgan fingerprint density at radius 1 is 1.00 bits per heavy atom. The van der Waals surface area contributed by atoms with Crippen LogP contribution >= 0.6 is 11.6 Å². The number of hydrogen-bond acceptors (Lipinski definition) is 4. The van der Waals surface area contributed by atoms with Gasteiger partial charge in [-0.3, -0.25) is 13.9 Å². The highest BCUT2D eigenvalue weighted by Crippen LogP contribution is 2.32. The average molecular weight is 476 g/mol. The number of hydrogen-bond donors (Lipinski definition) is 1. The van der Waals surface area contributed by atoms with Gasteiger partial charge in [-0.2, -0.15) is 0 Å². The van der Waals surface area contributed by atoms with Crippen LogP contribution in [0.15, 0.2) is 47.4 Å². The molecule has 2 aromatic rings. The van der Waals surface area contributed by atoms with Gasteiger partial charge in [0.1, 0.15) is 0 Å². The van der Waals surface area contributed by atoms with Crippen LogP contribution < -0.4 is 9.62 Å². The van der Waals surface area contributed by atoms with Crippen LogP contribution in [0.25, 0.3) is 0 Å². The molecule has 2 aliphatic heterocycles. The number of carbonyl (C=O) groups excluding carboxylic acids is 2. The number of rotatable bonds is 6. The first kappa shape index (κ1) is 22.6. The summed E-state index contributed by atoms with van der Waals surface area (Å²) in [4.78, 5) is 26.7. The van der Waals surface area contributed by atoms with Crippen LogP contribution in [0.4, 0.5) is 5.69 Å². The minimum absolute atomic E-state index is 0.00832. The molecule has 0 spiro atoms. The van der Waals surface area contributed by atoms with Crippen molar-refractivity contribution in [3.05, 3.63) is 58.6 Å². The Labute approximate surface area is 193 Å². The summed E-state index contributed by atoms with van der Waals surface area (Å²) in [6.07, 6.45) is 3.77. The van der Waals surface area contributed by atoms with Gasteiger partial charge in [-0.15, -0.1) is 0 Å². The molecule has 0 aromatic heterocycles. The van der Waals surface area contributed by atoms with E-state index in [1.807, 2.05) is 18.2 Å². The Morgan fingerprint density at radius 3 is 2.53 bits per heavy atom. The van der Waals surface area contributed by atoms with Gasteiger partial charge in [0.05, 0.1) is 21.2 Å². The number of carbonyl (C=O) groups is 2. The molecular formula is C23H26ClN3O4S. The van der Waals surface area contributed by atoms with Gasteiger partial charge < -0.3 is 10.2 Å². The van der Waals surface area contributed by atoms with Gasteiger partial charge in [-0.1, -0.05) is 29.8 Å². The predicted octanol–water partition coefficient (Wildman–Crippen LogP) is 3.22. The molecule has 2 aromatic carbocycles. The van der Waals surface area contributed by atoms with Gasteiger partial charge in [0.15, 0.2) is 0 Å². The van der Waals surface area contributed by atoms with Crippen LogP contribution in [0.2, 0.25) is 5.02 Å². The van der Waals surface area contributed by atoms with E-state index < -0.39 is 15.9 Å². The SMILES string of the molecule is O=C(NCCC(=O)N1CCCC1)c1cc(S(=O)(=O)N2CCCc3ccccc32)ccc1Cl. The molecule has 2 heterocycles. The van der Waals surface area contributed by atoms with Crippen LogP contribution in [0, 0.1) is 0 Å². The molecule has 170 valence electrons. The molecule has 0 aliphatic carbocycles. The van der Waals surface area contributed by atoms with Crippen LogP contribution in [0.5, 0.6) is 0 Å². The lowest BCUT2D eigenvalue weighted by Crippen LogP contribution is -2.35. The second-order valence-electron chi connectivity index (χ2n) is 8.04. The monoisotopic (exact) mass is 475 g/mol. The number of fused-ring (bicyclic) bond motifs is 1. The smallest absolute Gasteiger partial charge is 0.264 e. The summed E-state index contributed by atoms with van der Waals surface area (Å²) in [6.45, 7) is 2.07. The maximum Gasteiger partial charge on any atom is 0.264 e. The summed E-state index contributed by atoms with van der Waals surface area (Å²) in [6, 6.07) is 11.6. The van der Waals surface area contributed by atoms with E-state index in [2.05, 4.69) is 5.32 Å². The second-order valence-corrected chi connectivity index (χ2v) is 10.3. The van der Waals surface area contributed by atoms with Crippen molar-refractivity contribution >= 4 is 39.1 Å². The minimum atomic E-state index is -3.86. The third-order valence-corrected chi connectivity index (χ3v) is 8.06. The molecule has 32 heavy (non-hydrogen) atoms. The number of anilines is 1. The first-order chi connectivity index (χ1) is 15.4. The van der Waals surface area contributed by atoms with Gasteiger partial charge in [0.2, 0.25) is 5.91 Å². The van der Waals surface area contributed by atoms with Gasteiger partial charge in [-0.05, 0) is 55.5 Å². The zero-order valence-corrected chi connectivity index (χ0v) is 19.3. The van der Waals surface area contributed by atoms with E-state index >= 15 is 0 Å². The van der Waals surface area contributed by atoms with E-state index in [0.717, 1.165) is 44.3 Å². The van der Waals surface area contributed by atoms with Crippen LogP contribution in [0.3, 0.4) is 0 Å². The average Bonchev–Trinajstić information content (AvgIpc) is 3.34. The van der Waals surface area contributed by atoms with E-state index in [0.29, 0.717) is 12.2 Å². The van der Waals surface area contributed by atoms with E-state index in [-0.39, 0.29) is 34.4 Å². The normalized spacial score (nSPS) is 16.0. The van der Waals surface area contributed by atoms with Gasteiger partial charge in [-0.25, -0.2) is 8.42 Å². The van der Waals surface area contributed by atoms with Gasteiger partial charge in [0, 0.05) is 32.6 Å². The maximum absolute atomic E-state index is 13.4.